The Morgan fingerprint density at radius 2 is 1.97 bits per heavy atom. The van der Waals surface area contributed by atoms with Gasteiger partial charge in [0.1, 0.15) is 12.2 Å². The van der Waals surface area contributed by atoms with Crippen LogP contribution in [0.4, 0.5) is 5.69 Å². The standard InChI is InChI=1S/C26H30N2O4/c1-27(2)19-8-5-17(6-9-19)25(29)31-20-11-12-26-13-14-28(3)16-18-7-10-21(30-4)24(23(18)26)32-22(26)15-20/h5-12,20,22H,13-16H2,1-4H3/t20?,22-,26-/m0/s1. The first-order valence-electron chi connectivity index (χ1n) is 11.1. The van der Waals surface area contributed by atoms with Crippen LogP contribution in [0.3, 0.4) is 0 Å². The van der Waals surface area contributed by atoms with E-state index in [2.05, 4.69) is 30.2 Å². The van der Waals surface area contributed by atoms with Gasteiger partial charge in [-0.15, -0.1) is 0 Å². The third kappa shape index (κ3) is 3.34. The van der Waals surface area contributed by atoms with Gasteiger partial charge in [-0.05, 0) is 62.0 Å². The van der Waals surface area contributed by atoms with Gasteiger partial charge in [0.2, 0.25) is 0 Å². The Kier molecular flexibility index (Phi) is 5.13. The van der Waals surface area contributed by atoms with Crippen molar-refractivity contribution in [1.29, 1.82) is 0 Å². The summed E-state index contributed by atoms with van der Waals surface area (Å²) in [6, 6.07) is 11.6. The fourth-order valence-corrected chi connectivity index (χ4v) is 5.25. The first-order chi connectivity index (χ1) is 15.4. The van der Waals surface area contributed by atoms with Crippen LogP contribution in [0.1, 0.15) is 34.3 Å². The van der Waals surface area contributed by atoms with Crippen molar-refractivity contribution >= 4 is 11.7 Å². The highest BCUT2D eigenvalue weighted by Crippen LogP contribution is 2.55. The average molecular weight is 435 g/mol. The lowest BCUT2D eigenvalue weighted by atomic mass is 9.69. The lowest BCUT2D eigenvalue weighted by Gasteiger charge is -2.36. The fraction of sp³-hybridized carbons (Fsp3) is 0.423. The third-order valence-corrected chi connectivity index (χ3v) is 7.01. The van der Waals surface area contributed by atoms with Gasteiger partial charge in [0.05, 0.1) is 18.1 Å². The van der Waals surface area contributed by atoms with Gasteiger partial charge in [-0.2, -0.15) is 0 Å². The highest BCUT2D eigenvalue weighted by molar-refractivity contribution is 5.90. The van der Waals surface area contributed by atoms with Crippen molar-refractivity contribution in [2.45, 2.75) is 37.0 Å². The number of hydrogen-bond acceptors (Lipinski definition) is 6. The molecule has 2 heterocycles. The van der Waals surface area contributed by atoms with Crippen molar-refractivity contribution in [3.8, 4) is 11.5 Å². The van der Waals surface area contributed by atoms with Gasteiger partial charge >= 0.3 is 5.97 Å². The molecule has 0 bridgehead atoms. The summed E-state index contributed by atoms with van der Waals surface area (Å²) in [5, 5.41) is 0. The molecule has 0 aromatic heterocycles. The SMILES string of the molecule is COc1ccc2c3c1O[C@H]1CC(OC(=O)c4ccc(N(C)C)cc4)C=C[C@@]31CCN(C)C2. The lowest BCUT2D eigenvalue weighted by Crippen LogP contribution is -2.43. The molecule has 3 atom stereocenters. The quantitative estimate of drug-likeness (QED) is 0.539. The number of carbonyl (C=O) groups is 1. The molecule has 6 nitrogen and oxygen atoms in total. The molecular formula is C26H30N2O4. The zero-order chi connectivity index (χ0) is 22.5. The Hall–Kier alpha value is -2.99. The molecule has 1 unspecified atom stereocenters. The van der Waals surface area contributed by atoms with Crippen LogP contribution in [0.25, 0.3) is 0 Å². The summed E-state index contributed by atoms with van der Waals surface area (Å²) in [5.41, 5.74) is 3.91. The van der Waals surface area contributed by atoms with Crippen molar-refractivity contribution in [2.75, 3.05) is 39.7 Å². The van der Waals surface area contributed by atoms with Crippen LogP contribution >= 0.6 is 0 Å². The molecule has 6 heteroatoms. The molecule has 3 aliphatic rings. The molecular weight excluding hydrogens is 404 g/mol. The van der Waals surface area contributed by atoms with Crippen LogP contribution in [0.5, 0.6) is 11.5 Å². The Morgan fingerprint density at radius 1 is 1.19 bits per heavy atom. The maximum atomic E-state index is 12.8. The van der Waals surface area contributed by atoms with Crippen molar-refractivity contribution in [1.82, 2.24) is 4.90 Å². The normalized spacial score (nSPS) is 25.9. The molecule has 5 rings (SSSR count). The summed E-state index contributed by atoms with van der Waals surface area (Å²) in [6.07, 6.45) is 5.45. The second-order valence-corrected chi connectivity index (χ2v) is 9.25. The van der Waals surface area contributed by atoms with Gasteiger partial charge in [-0.1, -0.05) is 12.1 Å². The predicted molar refractivity (Wildman–Crippen MR) is 124 cm³/mol. The molecule has 0 fully saturated rings. The van der Waals surface area contributed by atoms with Crippen LogP contribution in [0.15, 0.2) is 48.6 Å². The molecule has 1 spiro atoms. The maximum absolute atomic E-state index is 12.8. The van der Waals surface area contributed by atoms with E-state index >= 15 is 0 Å². The molecule has 2 aromatic carbocycles. The highest BCUT2D eigenvalue weighted by Gasteiger charge is 2.53. The van der Waals surface area contributed by atoms with E-state index in [0.717, 1.165) is 36.7 Å². The number of anilines is 1. The Labute approximate surface area is 189 Å². The third-order valence-electron chi connectivity index (χ3n) is 7.01. The van der Waals surface area contributed by atoms with Crippen molar-refractivity contribution in [3.05, 3.63) is 65.2 Å². The Morgan fingerprint density at radius 3 is 2.69 bits per heavy atom. The van der Waals surface area contributed by atoms with Gasteiger partial charge in [-0.3, -0.25) is 0 Å². The number of nitrogens with zero attached hydrogens (tertiary/aromatic N) is 2. The van der Waals surface area contributed by atoms with Crippen molar-refractivity contribution in [3.63, 3.8) is 0 Å². The first kappa shape index (κ1) is 20.9. The summed E-state index contributed by atoms with van der Waals surface area (Å²) in [7, 11) is 7.78. The number of rotatable bonds is 4. The summed E-state index contributed by atoms with van der Waals surface area (Å²) in [5.74, 6) is 1.31. The Bertz CT molecular complexity index is 1060. The van der Waals surface area contributed by atoms with E-state index in [9.17, 15) is 4.79 Å². The zero-order valence-electron chi connectivity index (χ0n) is 19.1. The van der Waals surface area contributed by atoms with Gasteiger partial charge in [0.25, 0.3) is 0 Å². The van der Waals surface area contributed by atoms with E-state index < -0.39 is 0 Å². The molecule has 168 valence electrons. The highest BCUT2D eigenvalue weighted by atomic mass is 16.6. The van der Waals surface area contributed by atoms with Gasteiger partial charge < -0.3 is 24.0 Å². The topological polar surface area (TPSA) is 51.2 Å². The number of hydrogen-bond donors (Lipinski definition) is 0. The predicted octanol–water partition coefficient (Wildman–Crippen LogP) is 3.78. The maximum Gasteiger partial charge on any atom is 0.338 e. The van der Waals surface area contributed by atoms with Crippen LogP contribution in [0, 0.1) is 0 Å². The summed E-state index contributed by atoms with van der Waals surface area (Å²) in [6.45, 7) is 1.86. The minimum Gasteiger partial charge on any atom is -0.493 e. The van der Waals surface area contributed by atoms with Crippen LogP contribution in [-0.2, 0) is 16.7 Å². The van der Waals surface area contributed by atoms with E-state index in [0.29, 0.717) is 12.0 Å². The summed E-state index contributed by atoms with van der Waals surface area (Å²) >= 11 is 0. The van der Waals surface area contributed by atoms with Crippen LogP contribution in [0.2, 0.25) is 0 Å². The molecule has 0 radical (unpaired) electrons. The number of esters is 1. The minimum absolute atomic E-state index is 0.0852. The molecule has 32 heavy (non-hydrogen) atoms. The largest absolute Gasteiger partial charge is 0.493 e. The van der Waals surface area contributed by atoms with E-state index in [1.165, 1.54) is 11.1 Å². The van der Waals surface area contributed by atoms with E-state index in [4.69, 9.17) is 14.2 Å². The van der Waals surface area contributed by atoms with E-state index in [1.54, 1.807) is 7.11 Å². The molecule has 0 saturated carbocycles. The van der Waals surface area contributed by atoms with Gasteiger partial charge in [0.15, 0.2) is 11.5 Å². The van der Waals surface area contributed by atoms with Gasteiger partial charge in [-0.25, -0.2) is 4.79 Å². The lowest BCUT2D eigenvalue weighted by molar-refractivity contribution is 0.0218. The minimum atomic E-state index is -0.323. The molecule has 0 N–H and O–H groups in total. The first-order valence-corrected chi connectivity index (χ1v) is 11.1. The summed E-state index contributed by atoms with van der Waals surface area (Å²) in [4.78, 5) is 17.1. The van der Waals surface area contributed by atoms with E-state index in [-0.39, 0.29) is 23.6 Å². The molecule has 1 aliphatic carbocycles. The zero-order valence-corrected chi connectivity index (χ0v) is 19.1. The number of carbonyl (C=O) groups excluding carboxylic acids is 1. The monoisotopic (exact) mass is 434 g/mol. The van der Waals surface area contributed by atoms with Gasteiger partial charge in [0, 0.05) is 38.3 Å². The Balaban J connectivity index is 1.41. The van der Waals surface area contributed by atoms with Crippen LogP contribution < -0.4 is 14.4 Å². The van der Waals surface area contributed by atoms with Crippen molar-refractivity contribution < 1.29 is 19.0 Å². The number of benzene rings is 2. The molecule has 2 aliphatic heterocycles. The van der Waals surface area contributed by atoms with E-state index in [1.807, 2.05) is 49.3 Å². The van der Waals surface area contributed by atoms with Crippen molar-refractivity contribution in [2.24, 2.45) is 0 Å². The van der Waals surface area contributed by atoms with Crippen LogP contribution in [-0.4, -0.2) is 57.9 Å². The smallest absolute Gasteiger partial charge is 0.338 e. The number of methoxy groups -OCH3 is 1. The fourth-order valence-electron chi connectivity index (χ4n) is 5.25. The second-order valence-electron chi connectivity index (χ2n) is 9.25. The summed E-state index contributed by atoms with van der Waals surface area (Å²) < 4.78 is 18.0. The average Bonchev–Trinajstić information content (AvgIpc) is 3.05. The number of ether oxygens (including phenoxy) is 3. The second kappa shape index (κ2) is 7.85. The molecule has 0 saturated heterocycles. The molecule has 0 amide bonds. The molecule has 2 aromatic rings.